The summed E-state index contributed by atoms with van der Waals surface area (Å²) < 4.78 is 1.33. The fraction of sp³-hybridized carbons (Fsp3) is 0.438. The summed E-state index contributed by atoms with van der Waals surface area (Å²) in [6.45, 7) is 5.17. The Labute approximate surface area is 139 Å². The molecule has 7 heteroatoms. The molecular formula is C16H21N3O3S. The van der Waals surface area contributed by atoms with E-state index in [-0.39, 0.29) is 5.91 Å². The number of aryl methyl sites for hydroxylation is 2. The smallest absolute Gasteiger partial charge is 0.331 e. The van der Waals surface area contributed by atoms with Crippen molar-refractivity contribution in [3.05, 3.63) is 34.3 Å². The van der Waals surface area contributed by atoms with E-state index in [1.54, 1.807) is 25.2 Å². The van der Waals surface area contributed by atoms with Crippen LogP contribution in [0.3, 0.4) is 0 Å². The number of nitrogens with zero attached hydrogens (tertiary/aromatic N) is 2. The number of aromatic nitrogens is 2. The number of carbonyl (C=O) groups is 2. The van der Waals surface area contributed by atoms with Crippen LogP contribution < -0.4 is 5.32 Å². The summed E-state index contributed by atoms with van der Waals surface area (Å²) in [7, 11) is 0. The highest BCUT2D eigenvalue weighted by atomic mass is 32.1. The van der Waals surface area contributed by atoms with Crippen LogP contribution in [0, 0.1) is 6.92 Å². The zero-order valence-electron chi connectivity index (χ0n) is 13.5. The van der Waals surface area contributed by atoms with Gasteiger partial charge in [0.2, 0.25) is 5.91 Å². The van der Waals surface area contributed by atoms with E-state index in [2.05, 4.69) is 29.5 Å². The maximum Gasteiger partial charge on any atom is 0.331 e. The summed E-state index contributed by atoms with van der Waals surface area (Å²) in [4.78, 5) is 25.7. The van der Waals surface area contributed by atoms with Gasteiger partial charge >= 0.3 is 5.97 Å². The Morgan fingerprint density at radius 1 is 1.39 bits per heavy atom. The Hall–Kier alpha value is -2.15. The van der Waals surface area contributed by atoms with Crippen molar-refractivity contribution in [2.24, 2.45) is 0 Å². The minimum Gasteiger partial charge on any atom is -0.479 e. The third-order valence-electron chi connectivity index (χ3n) is 3.59. The molecule has 0 saturated carbocycles. The molecule has 0 aliphatic rings. The minimum absolute atomic E-state index is 0.0917. The van der Waals surface area contributed by atoms with Gasteiger partial charge in [-0.1, -0.05) is 0 Å². The molecule has 2 heterocycles. The summed E-state index contributed by atoms with van der Waals surface area (Å²) in [5.41, 5.74) is -0.642. The van der Waals surface area contributed by atoms with E-state index < -0.39 is 11.5 Å². The van der Waals surface area contributed by atoms with Gasteiger partial charge in [-0.3, -0.25) is 9.48 Å². The quantitative estimate of drug-likeness (QED) is 0.814. The van der Waals surface area contributed by atoms with Gasteiger partial charge in [0.05, 0.1) is 11.9 Å². The van der Waals surface area contributed by atoms with Crippen LogP contribution in [0.2, 0.25) is 0 Å². The van der Waals surface area contributed by atoms with Crippen molar-refractivity contribution >= 4 is 28.9 Å². The first-order chi connectivity index (χ1) is 10.8. The molecule has 0 spiro atoms. The average molecular weight is 335 g/mol. The first-order valence-corrected chi connectivity index (χ1v) is 8.24. The molecule has 0 aromatic carbocycles. The Kier molecular flexibility index (Phi) is 5.20. The Morgan fingerprint density at radius 3 is 2.74 bits per heavy atom. The lowest BCUT2D eigenvalue weighted by Gasteiger charge is -2.19. The first kappa shape index (κ1) is 17.2. The molecule has 1 amide bonds. The molecule has 124 valence electrons. The number of thiophene rings is 1. The average Bonchev–Trinajstić information content (AvgIpc) is 3.08. The van der Waals surface area contributed by atoms with E-state index >= 15 is 0 Å². The van der Waals surface area contributed by atoms with E-state index in [1.807, 2.05) is 0 Å². The van der Waals surface area contributed by atoms with Crippen LogP contribution in [-0.4, -0.2) is 26.8 Å². The second-order valence-electron chi connectivity index (χ2n) is 5.95. The van der Waals surface area contributed by atoms with Crippen LogP contribution in [0.15, 0.2) is 24.5 Å². The highest BCUT2D eigenvalue weighted by molar-refractivity contribution is 7.11. The molecular weight excluding hydrogens is 314 g/mol. The predicted octanol–water partition coefficient (Wildman–Crippen LogP) is 3.03. The first-order valence-electron chi connectivity index (χ1n) is 7.43. The monoisotopic (exact) mass is 335 g/mol. The summed E-state index contributed by atoms with van der Waals surface area (Å²) in [6.07, 6.45) is 5.09. The van der Waals surface area contributed by atoms with Gasteiger partial charge in [0.1, 0.15) is 0 Å². The molecule has 23 heavy (non-hydrogen) atoms. The highest BCUT2D eigenvalue weighted by Crippen LogP contribution is 2.19. The summed E-state index contributed by atoms with van der Waals surface area (Å²) in [6, 6.07) is 4.18. The molecule has 0 radical (unpaired) electrons. The van der Waals surface area contributed by atoms with Gasteiger partial charge in [-0.15, -0.1) is 11.3 Å². The van der Waals surface area contributed by atoms with Crippen LogP contribution in [0.25, 0.3) is 0 Å². The van der Waals surface area contributed by atoms with Crippen LogP contribution in [0.1, 0.15) is 36.4 Å². The molecule has 0 aliphatic heterocycles. The van der Waals surface area contributed by atoms with Gasteiger partial charge in [-0.25, -0.2) is 4.79 Å². The number of carboxylic acid groups (broad SMARTS) is 1. The van der Waals surface area contributed by atoms with Crippen molar-refractivity contribution in [1.29, 1.82) is 0 Å². The number of anilines is 1. The van der Waals surface area contributed by atoms with Crippen LogP contribution in [0.4, 0.5) is 5.69 Å². The number of carboxylic acids is 1. The number of hydrogen-bond donors (Lipinski definition) is 2. The van der Waals surface area contributed by atoms with Gasteiger partial charge in [0.15, 0.2) is 5.54 Å². The molecule has 0 unspecified atom stereocenters. The molecule has 2 rings (SSSR count). The van der Waals surface area contributed by atoms with Gasteiger partial charge in [-0.05, 0) is 45.7 Å². The van der Waals surface area contributed by atoms with E-state index in [9.17, 15) is 9.59 Å². The fourth-order valence-electron chi connectivity index (χ4n) is 2.06. The maximum atomic E-state index is 11.9. The summed E-state index contributed by atoms with van der Waals surface area (Å²) in [5.74, 6) is -1.07. The van der Waals surface area contributed by atoms with E-state index in [1.165, 1.54) is 26.8 Å². The number of nitrogens with one attached hydrogen (secondary N) is 1. The van der Waals surface area contributed by atoms with Gasteiger partial charge in [0, 0.05) is 22.4 Å². The van der Waals surface area contributed by atoms with Crippen molar-refractivity contribution in [2.45, 2.75) is 45.6 Å². The second-order valence-corrected chi connectivity index (χ2v) is 7.32. The van der Waals surface area contributed by atoms with Crippen LogP contribution in [0.5, 0.6) is 0 Å². The molecule has 2 N–H and O–H groups in total. The standard InChI is InChI=1S/C16H21N3O3S/c1-11-7-8-13(23-11)5-4-6-14(20)18-12-9-17-19(10-12)16(2,3)15(21)22/h7-10H,4-6H2,1-3H3,(H,18,20)(H,21,22). The molecule has 2 aromatic heterocycles. The largest absolute Gasteiger partial charge is 0.479 e. The molecule has 0 bridgehead atoms. The van der Waals surface area contributed by atoms with Crippen molar-refractivity contribution < 1.29 is 14.7 Å². The van der Waals surface area contributed by atoms with Crippen molar-refractivity contribution in [3.8, 4) is 0 Å². The third-order valence-corrected chi connectivity index (χ3v) is 4.65. The van der Waals surface area contributed by atoms with Crippen molar-refractivity contribution in [1.82, 2.24) is 9.78 Å². The van der Waals surface area contributed by atoms with Gasteiger partial charge in [-0.2, -0.15) is 5.10 Å². The lowest BCUT2D eigenvalue weighted by Crippen LogP contribution is -2.35. The van der Waals surface area contributed by atoms with E-state index in [0.717, 1.165) is 12.8 Å². The zero-order chi connectivity index (χ0) is 17.0. The fourth-order valence-corrected chi connectivity index (χ4v) is 2.99. The Balaban J connectivity index is 1.84. The predicted molar refractivity (Wildman–Crippen MR) is 89.8 cm³/mol. The van der Waals surface area contributed by atoms with E-state index in [0.29, 0.717) is 12.1 Å². The van der Waals surface area contributed by atoms with Crippen LogP contribution >= 0.6 is 11.3 Å². The van der Waals surface area contributed by atoms with Gasteiger partial charge in [0.25, 0.3) is 0 Å². The minimum atomic E-state index is -1.15. The molecule has 2 aromatic rings. The van der Waals surface area contributed by atoms with Crippen LogP contribution in [-0.2, 0) is 21.5 Å². The number of aliphatic carboxylic acids is 1. The Morgan fingerprint density at radius 2 is 2.13 bits per heavy atom. The second kappa shape index (κ2) is 6.95. The summed E-state index contributed by atoms with van der Waals surface area (Å²) >= 11 is 1.75. The SMILES string of the molecule is Cc1ccc(CCCC(=O)Nc2cnn(C(C)(C)C(=O)O)c2)s1. The molecule has 0 aliphatic carbocycles. The number of carbonyl (C=O) groups excluding carboxylic acids is 1. The maximum absolute atomic E-state index is 11.9. The number of amides is 1. The molecule has 0 fully saturated rings. The highest BCUT2D eigenvalue weighted by Gasteiger charge is 2.30. The van der Waals surface area contributed by atoms with Crippen molar-refractivity contribution in [2.75, 3.05) is 5.32 Å². The Bertz CT molecular complexity index is 703. The molecule has 6 nitrogen and oxygen atoms in total. The lowest BCUT2D eigenvalue weighted by molar-refractivity contribution is -0.146. The number of rotatable bonds is 7. The normalized spacial score (nSPS) is 11.4. The number of hydrogen-bond acceptors (Lipinski definition) is 4. The third kappa shape index (κ3) is 4.41. The molecule has 0 atom stereocenters. The van der Waals surface area contributed by atoms with E-state index in [4.69, 9.17) is 5.11 Å². The molecule has 0 saturated heterocycles. The summed E-state index contributed by atoms with van der Waals surface area (Å²) in [5, 5.41) is 15.9. The lowest BCUT2D eigenvalue weighted by atomic mass is 10.1. The van der Waals surface area contributed by atoms with Crippen molar-refractivity contribution in [3.63, 3.8) is 0 Å². The van der Waals surface area contributed by atoms with Gasteiger partial charge < -0.3 is 10.4 Å². The topological polar surface area (TPSA) is 84.2 Å². The zero-order valence-corrected chi connectivity index (χ0v) is 14.3.